The van der Waals surface area contributed by atoms with Crippen molar-refractivity contribution in [1.29, 1.82) is 0 Å². The zero-order chi connectivity index (χ0) is 19.8. The van der Waals surface area contributed by atoms with Crippen LogP contribution in [0.2, 0.25) is 0 Å². The van der Waals surface area contributed by atoms with Crippen LogP contribution >= 0.6 is 11.8 Å². The number of benzene rings is 2. The predicted molar refractivity (Wildman–Crippen MR) is 112 cm³/mol. The smallest absolute Gasteiger partial charge is 0.382 e. The molecule has 2 aromatic carbocycles. The Morgan fingerprint density at radius 3 is 2.79 bits per heavy atom. The molecule has 29 heavy (non-hydrogen) atoms. The molecule has 1 aromatic heterocycles. The molecule has 3 aromatic rings. The molecule has 6 nitrogen and oxygen atoms in total. The summed E-state index contributed by atoms with van der Waals surface area (Å²) >= 11 is 1.16. The van der Waals surface area contributed by atoms with Crippen molar-refractivity contribution in [3.63, 3.8) is 0 Å². The summed E-state index contributed by atoms with van der Waals surface area (Å²) in [5.74, 6) is 0.336. The number of hydrogen-bond donors (Lipinski definition) is 2. The minimum Gasteiger partial charge on any atom is -0.476 e. The molecule has 1 unspecified atom stereocenters. The predicted octanol–water partition coefficient (Wildman–Crippen LogP) is 4.75. The number of fused-ring (bicyclic) bond motifs is 2. The van der Waals surface area contributed by atoms with Crippen LogP contribution in [0.5, 0.6) is 5.75 Å². The number of thioether (sulfide) groups is 1. The SMILES string of the molecule is O=C(O)C1(Oc2ccc3oc(CN4CCCCC4)cc3c2)Nc2ccccc2S1. The molecule has 0 radical (unpaired) electrons. The Labute approximate surface area is 172 Å². The summed E-state index contributed by atoms with van der Waals surface area (Å²) in [5.41, 5.74) is 1.54. The van der Waals surface area contributed by atoms with E-state index in [1.54, 1.807) is 6.07 Å². The number of hydrogen-bond acceptors (Lipinski definition) is 6. The van der Waals surface area contributed by atoms with Gasteiger partial charge < -0.3 is 19.6 Å². The van der Waals surface area contributed by atoms with Crippen molar-refractivity contribution in [2.24, 2.45) is 0 Å². The van der Waals surface area contributed by atoms with E-state index in [2.05, 4.69) is 10.2 Å². The minimum absolute atomic E-state index is 0.484. The van der Waals surface area contributed by atoms with Crippen LogP contribution in [0.15, 0.2) is 57.8 Å². The Hall–Kier alpha value is -2.64. The Kier molecular flexibility index (Phi) is 4.64. The maximum atomic E-state index is 12.1. The van der Waals surface area contributed by atoms with Gasteiger partial charge in [0.15, 0.2) is 0 Å². The molecule has 0 bridgehead atoms. The number of anilines is 1. The maximum absolute atomic E-state index is 12.1. The number of rotatable bonds is 5. The van der Waals surface area contributed by atoms with Crippen LogP contribution in [0.3, 0.4) is 0 Å². The fourth-order valence-electron chi connectivity index (χ4n) is 3.93. The van der Waals surface area contributed by atoms with Gasteiger partial charge in [-0.25, -0.2) is 4.79 Å². The van der Waals surface area contributed by atoms with E-state index in [0.717, 1.165) is 58.7 Å². The van der Waals surface area contributed by atoms with Crippen LogP contribution in [0.25, 0.3) is 11.0 Å². The quantitative estimate of drug-likeness (QED) is 0.628. The van der Waals surface area contributed by atoms with E-state index in [4.69, 9.17) is 9.15 Å². The van der Waals surface area contributed by atoms with Gasteiger partial charge in [0.2, 0.25) is 0 Å². The molecular weight excluding hydrogens is 388 g/mol. The molecule has 2 aliphatic heterocycles. The number of carboxylic acids is 1. The first kappa shape index (κ1) is 18.4. The molecule has 1 atom stereocenters. The lowest BCUT2D eigenvalue weighted by molar-refractivity contribution is -0.145. The first-order valence-corrected chi connectivity index (χ1v) is 10.7. The zero-order valence-corrected chi connectivity index (χ0v) is 16.7. The fraction of sp³-hybridized carbons (Fsp3) is 0.318. The molecule has 0 aliphatic carbocycles. The van der Waals surface area contributed by atoms with Gasteiger partial charge in [-0.05, 0) is 74.1 Å². The van der Waals surface area contributed by atoms with Crippen molar-refractivity contribution in [2.45, 2.75) is 35.8 Å². The van der Waals surface area contributed by atoms with Crippen LogP contribution in [-0.4, -0.2) is 34.1 Å². The van der Waals surface area contributed by atoms with Gasteiger partial charge in [0, 0.05) is 10.3 Å². The second-order valence-corrected chi connectivity index (χ2v) is 8.72. The van der Waals surface area contributed by atoms with E-state index in [9.17, 15) is 9.90 Å². The highest BCUT2D eigenvalue weighted by molar-refractivity contribution is 8.01. The lowest BCUT2D eigenvalue weighted by Gasteiger charge is -2.25. The number of ether oxygens (including phenoxy) is 1. The second-order valence-electron chi connectivity index (χ2n) is 7.50. The summed E-state index contributed by atoms with van der Waals surface area (Å²) in [6.07, 6.45) is 3.78. The van der Waals surface area contributed by atoms with Gasteiger partial charge in [0.25, 0.3) is 0 Å². The van der Waals surface area contributed by atoms with Crippen LogP contribution in [-0.2, 0) is 11.3 Å². The van der Waals surface area contributed by atoms with Crippen LogP contribution in [0.4, 0.5) is 5.69 Å². The number of para-hydroxylation sites is 1. The number of piperidine rings is 1. The molecule has 2 aliphatic rings. The zero-order valence-electron chi connectivity index (χ0n) is 15.9. The topological polar surface area (TPSA) is 74.9 Å². The van der Waals surface area contributed by atoms with E-state index in [1.165, 1.54) is 19.3 Å². The van der Waals surface area contributed by atoms with Crippen molar-refractivity contribution in [3.05, 3.63) is 54.3 Å². The van der Waals surface area contributed by atoms with Crippen molar-refractivity contribution in [3.8, 4) is 5.75 Å². The van der Waals surface area contributed by atoms with Crippen molar-refractivity contribution >= 4 is 34.4 Å². The molecule has 0 amide bonds. The van der Waals surface area contributed by atoms with Gasteiger partial charge in [-0.1, -0.05) is 18.6 Å². The summed E-state index contributed by atoms with van der Waals surface area (Å²) in [6, 6.07) is 14.9. The summed E-state index contributed by atoms with van der Waals surface area (Å²) in [5, 5.41) is 12.2. The summed E-state index contributed by atoms with van der Waals surface area (Å²) < 4.78 is 12.0. The Balaban J connectivity index is 1.38. The Morgan fingerprint density at radius 2 is 2.00 bits per heavy atom. The number of nitrogens with one attached hydrogen (secondary N) is 1. The third-order valence-electron chi connectivity index (χ3n) is 5.35. The van der Waals surface area contributed by atoms with Gasteiger partial charge in [0.1, 0.15) is 17.1 Å². The van der Waals surface area contributed by atoms with E-state index < -0.39 is 11.0 Å². The second kappa shape index (κ2) is 7.31. The van der Waals surface area contributed by atoms with E-state index in [-0.39, 0.29) is 0 Å². The molecule has 5 rings (SSSR count). The standard InChI is InChI=1S/C22H22N2O4S/c25-21(26)22(23-18-6-2-3-7-20(18)29-22)28-16-8-9-19-15(12-16)13-17(27-19)14-24-10-4-1-5-11-24/h2-3,6-9,12-13,23H,1,4-5,10-11,14H2,(H,25,26). The number of carboxylic acid groups (broad SMARTS) is 1. The van der Waals surface area contributed by atoms with E-state index in [0.29, 0.717) is 5.75 Å². The number of likely N-dealkylation sites (tertiary alicyclic amines) is 1. The fourth-order valence-corrected chi connectivity index (χ4v) is 5.00. The van der Waals surface area contributed by atoms with E-state index in [1.807, 2.05) is 42.5 Å². The van der Waals surface area contributed by atoms with Crippen molar-refractivity contribution in [1.82, 2.24) is 4.90 Å². The molecule has 3 heterocycles. The maximum Gasteiger partial charge on any atom is 0.382 e. The first-order chi connectivity index (χ1) is 14.1. The molecular formula is C22H22N2O4S. The number of aliphatic carboxylic acids is 1. The molecule has 2 N–H and O–H groups in total. The lowest BCUT2D eigenvalue weighted by atomic mass is 10.1. The Bertz CT molecular complexity index is 1030. The highest BCUT2D eigenvalue weighted by atomic mass is 32.2. The van der Waals surface area contributed by atoms with Gasteiger partial charge in [-0.2, -0.15) is 0 Å². The molecule has 1 fully saturated rings. The summed E-state index contributed by atoms with van der Waals surface area (Å²) in [7, 11) is 0. The lowest BCUT2D eigenvalue weighted by Crippen LogP contribution is -2.46. The summed E-state index contributed by atoms with van der Waals surface area (Å²) in [6.45, 7) is 3.02. The molecule has 0 saturated carbocycles. The molecule has 0 spiro atoms. The molecule has 7 heteroatoms. The van der Waals surface area contributed by atoms with Crippen LogP contribution < -0.4 is 10.1 Å². The number of carbonyl (C=O) groups is 1. The summed E-state index contributed by atoms with van der Waals surface area (Å²) in [4.78, 5) is 15.3. The van der Waals surface area contributed by atoms with Gasteiger partial charge in [0.05, 0.1) is 12.2 Å². The monoisotopic (exact) mass is 410 g/mol. The minimum atomic E-state index is -1.59. The third-order valence-corrected chi connectivity index (χ3v) is 6.57. The highest BCUT2D eigenvalue weighted by Crippen LogP contribution is 2.46. The van der Waals surface area contributed by atoms with Crippen molar-refractivity contribution < 1.29 is 19.1 Å². The molecule has 150 valence electrons. The largest absolute Gasteiger partial charge is 0.476 e. The number of furan rings is 1. The molecule has 1 saturated heterocycles. The Morgan fingerprint density at radius 1 is 1.17 bits per heavy atom. The van der Waals surface area contributed by atoms with Crippen LogP contribution in [0, 0.1) is 0 Å². The van der Waals surface area contributed by atoms with Gasteiger partial charge in [-0.3, -0.25) is 4.90 Å². The van der Waals surface area contributed by atoms with E-state index >= 15 is 0 Å². The normalized spacial score (nSPS) is 21.7. The van der Waals surface area contributed by atoms with Gasteiger partial charge in [-0.15, -0.1) is 0 Å². The average Bonchev–Trinajstić information content (AvgIpc) is 3.29. The highest BCUT2D eigenvalue weighted by Gasteiger charge is 2.48. The first-order valence-electron chi connectivity index (χ1n) is 9.85. The number of nitrogens with zero attached hydrogens (tertiary/aromatic N) is 1. The van der Waals surface area contributed by atoms with Gasteiger partial charge >= 0.3 is 11.0 Å². The third kappa shape index (κ3) is 3.56. The van der Waals surface area contributed by atoms with Crippen LogP contribution in [0.1, 0.15) is 25.0 Å². The van der Waals surface area contributed by atoms with Crippen molar-refractivity contribution in [2.75, 3.05) is 18.4 Å². The average molecular weight is 410 g/mol.